The maximum atomic E-state index is 11.4. The van der Waals surface area contributed by atoms with Crippen LogP contribution in [0, 0.1) is 5.92 Å². The standard InChI is InChI=1S/C10H20N2O/c1-2-10(13)9-3-6-12(7-4-9)8-5-11/h9H,2-8,11H2,1H3. The second kappa shape index (κ2) is 5.35. The van der Waals surface area contributed by atoms with E-state index >= 15 is 0 Å². The summed E-state index contributed by atoms with van der Waals surface area (Å²) in [7, 11) is 0. The van der Waals surface area contributed by atoms with Gasteiger partial charge in [0.25, 0.3) is 0 Å². The maximum Gasteiger partial charge on any atom is 0.135 e. The number of hydrogen-bond acceptors (Lipinski definition) is 3. The molecule has 13 heavy (non-hydrogen) atoms. The zero-order chi connectivity index (χ0) is 9.68. The van der Waals surface area contributed by atoms with Crippen molar-refractivity contribution < 1.29 is 4.79 Å². The first-order valence-corrected chi connectivity index (χ1v) is 5.23. The summed E-state index contributed by atoms with van der Waals surface area (Å²) in [5.74, 6) is 0.770. The van der Waals surface area contributed by atoms with Gasteiger partial charge in [-0.05, 0) is 25.9 Å². The molecule has 1 rings (SSSR count). The Balaban J connectivity index is 2.26. The summed E-state index contributed by atoms with van der Waals surface area (Å²) in [5, 5.41) is 0. The van der Waals surface area contributed by atoms with Gasteiger partial charge in [0.2, 0.25) is 0 Å². The van der Waals surface area contributed by atoms with Gasteiger partial charge in [0.1, 0.15) is 5.78 Å². The van der Waals surface area contributed by atoms with Crippen LogP contribution in [0.2, 0.25) is 0 Å². The smallest absolute Gasteiger partial charge is 0.135 e. The Bertz CT molecular complexity index is 162. The number of carbonyl (C=O) groups excluding carboxylic acids is 1. The minimum absolute atomic E-state index is 0.332. The van der Waals surface area contributed by atoms with Crippen LogP contribution in [-0.4, -0.2) is 36.9 Å². The van der Waals surface area contributed by atoms with E-state index < -0.39 is 0 Å². The number of nitrogens with zero attached hydrogens (tertiary/aromatic N) is 1. The molecule has 0 atom stereocenters. The van der Waals surface area contributed by atoms with Crippen LogP contribution in [0.25, 0.3) is 0 Å². The van der Waals surface area contributed by atoms with Crippen molar-refractivity contribution in [1.29, 1.82) is 0 Å². The average molecular weight is 184 g/mol. The Hall–Kier alpha value is -0.410. The summed E-state index contributed by atoms with van der Waals surface area (Å²) in [4.78, 5) is 13.7. The molecule has 0 radical (unpaired) electrons. The summed E-state index contributed by atoms with van der Waals surface area (Å²) in [6.45, 7) is 5.76. The van der Waals surface area contributed by atoms with Crippen molar-refractivity contribution in [3.8, 4) is 0 Å². The zero-order valence-electron chi connectivity index (χ0n) is 8.46. The van der Waals surface area contributed by atoms with Crippen molar-refractivity contribution in [2.24, 2.45) is 11.7 Å². The first-order chi connectivity index (χ1) is 6.27. The van der Waals surface area contributed by atoms with E-state index in [4.69, 9.17) is 5.73 Å². The molecule has 1 aliphatic rings. The maximum absolute atomic E-state index is 11.4. The molecule has 1 fully saturated rings. The van der Waals surface area contributed by atoms with Crippen LogP contribution >= 0.6 is 0 Å². The molecule has 76 valence electrons. The number of carbonyl (C=O) groups is 1. The molecule has 1 saturated heterocycles. The summed E-state index contributed by atoms with van der Waals surface area (Å²) in [5.41, 5.74) is 5.47. The summed E-state index contributed by atoms with van der Waals surface area (Å²) in [6.07, 6.45) is 2.76. The Kier molecular flexibility index (Phi) is 4.39. The number of nitrogens with two attached hydrogens (primary N) is 1. The molecule has 0 spiro atoms. The number of likely N-dealkylation sites (tertiary alicyclic amines) is 1. The van der Waals surface area contributed by atoms with Gasteiger partial charge in [-0.3, -0.25) is 4.79 Å². The molecule has 0 aliphatic carbocycles. The van der Waals surface area contributed by atoms with Crippen molar-refractivity contribution in [3.05, 3.63) is 0 Å². The minimum Gasteiger partial charge on any atom is -0.329 e. The second-order valence-electron chi connectivity index (χ2n) is 3.72. The lowest BCUT2D eigenvalue weighted by Gasteiger charge is -2.30. The molecule has 0 saturated carbocycles. The Morgan fingerprint density at radius 1 is 1.46 bits per heavy atom. The lowest BCUT2D eigenvalue weighted by Crippen LogP contribution is -2.38. The summed E-state index contributed by atoms with van der Waals surface area (Å²) in [6, 6.07) is 0. The lowest BCUT2D eigenvalue weighted by molar-refractivity contribution is -0.123. The first-order valence-electron chi connectivity index (χ1n) is 5.23. The summed E-state index contributed by atoms with van der Waals surface area (Å²) >= 11 is 0. The van der Waals surface area contributed by atoms with Crippen LogP contribution in [0.1, 0.15) is 26.2 Å². The van der Waals surface area contributed by atoms with Crippen molar-refractivity contribution in [2.45, 2.75) is 26.2 Å². The van der Waals surface area contributed by atoms with Gasteiger partial charge in [-0.2, -0.15) is 0 Å². The van der Waals surface area contributed by atoms with E-state index in [-0.39, 0.29) is 0 Å². The van der Waals surface area contributed by atoms with E-state index in [1.165, 1.54) is 0 Å². The minimum atomic E-state index is 0.332. The van der Waals surface area contributed by atoms with Gasteiger partial charge in [0.05, 0.1) is 0 Å². The van der Waals surface area contributed by atoms with Crippen molar-refractivity contribution in [2.75, 3.05) is 26.2 Å². The Morgan fingerprint density at radius 3 is 2.54 bits per heavy atom. The highest BCUT2D eigenvalue weighted by molar-refractivity contribution is 5.80. The van der Waals surface area contributed by atoms with Gasteiger partial charge in [0, 0.05) is 25.4 Å². The molecular formula is C10H20N2O. The molecular weight excluding hydrogens is 164 g/mol. The van der Waals surface area contributed by atoms with Crippen LogP contribution in [0.15, 0.2) is 0 Å². The molecule has 1 heterocycles. The van der Waals surface area contributed by atoms with Crippen LogP contribution < -0.4 is 5.73 Å². The fourth-order valence-electron chi connectivity index (χ4n) is 1.95. The zero-order valence-corrected chi connectivity index (χ0v) is 8.46. The van der Waals surface area contributed by atoms with Crippen molar-refractivity contribution >= 4 is 5.78 Å². The topological polar surface area (TPSA) is 46.3 Å². The van der Waals surface area contributed by atoms with Crippen molar-refractivity contribution in [1.82, 2.24) is 4.90 Å². The summed E-state index contributed by atoms with van der Waals surface area (Å²) < 4.78 is 0. The Labute approximate surface area is 80.3 Å². The molecule has 0 aromatic carbocycles. The van der Waals surface area contributed by atoms with E-state index in [2.05, 4.69) is 4.90 Å². The van der Waals surface area contributed by atoms with Gasteiger partial charge in [-0.1, -0.05) is 6.92 Å². The third-order valence-electron chi connectivity index (χ3n) is 2.84. The van der Waals surface area contributed by atoms with Gasteiger partial charge in [0.15, 0.2) is 0 Å². The van der Waals surface area contributed by atoms with E-state index in [0.29, 0.717) is 18.1 Å². The second-order valence-corrected chi connectivity index (χ2v) is 3.72. The molecule has 0 aromatic rings. The lowest BCUT2D eigenvalue weighted by atomic mass is 9.91. The Morgan fingerprint density at radius 2 is 2.08 bits per heavy atom. The van der Waals surface area contributed by atoms with E-state index in [1.54, 1.807) is 0 Å². The molecule has 0 aromatic heterocycles. The fourth-order valence-corrected chi connectivity index (χ4v) is 1.95. The molecule has 2 N–H and O–H groups in total. The molecule has 1 aliphatic heterocycles. The fraction of sp³-hybridized carbons (Fsp3) is 0.900. The molecule has 3 nitrogen and oxygen atoms in total. The predicted octanol–water partition coefficient (Wildman–Crippen LogP) is 0.636. The van der Waals surface area contributed by atoms with Gasteiger partial charge in [-0.25, -0.2) is 0 Å². The van der Waals surface area contributed by atoms with Crippen LogP contribution in [0.4, 0.5) is 0 Å². The number of hydrogen-bond donors (Lipinski definition) is 1. The molecule has 0 amide bonds. The van der Waals surface area contributed by atoms with Gasteiger partial charge >= 0.3 is 0 Å². The number of ketones is 1. The third kappa shape index (κ3) is 3.08. The van der Waals surface area contributed by atoms with E-state index in [9.17, 15) is 4.79 Å². The van der Waals surface area contributed by atoms with Crippen LogP contribution in [0.3, 0.4) is 0 Å². The number of piperidine rings is 1. The first kappa shape index (κ1) is 10.7. The third-order valence-corrected chi connectivity index (χ3v) is 2.84. The van der Waals surface area contributed by atoms with Crippen LogP contribution in [-0.2, 0) is 4.79 Å². The van der Waals surface area contributed by atoms with E-state index in [1.807, 2.05) is 6.92 Å². The normalized spacial score (nSPS) is 20.5. The van der Waals surface area contributed by atoms with E-state index in [0.717, 1.165) is 39.0 Å². The molecule has 3 heteroatoms. The average Bonchev–Trinajstić information content (AvgIpc) is 2.18. The highest BCUT2D eigenvalue weighted by atomic mass is 16.1. The number of Topliss-reactive ketones (excluding diaryl/α,β-unsaturated/α-hetero) is 1. The van der Waals surface area contributed by atoms with Crippen LogP contribution in [0.5, 0.6) is 0 Å². The van der Waals surface area contributed by atoms with Crippen molar-refractivity contribution in [3.63, 3.8) is 0 Å². The molecule has 0 bridgehead atoms. The predicted molar refractivity (Wildman–Crippen MR) is 53.5 cm³/mol. The highest BCUT2D eigenvalue weighted by Gasteiger charge is 2.22. The molecule has 0 unspecified atom stereocenters. The monoisotopic (exact) mass is 184 g/mol. The van der Waals surface area contributed by atoms with Gasteiger partial charge < -0.3 is 10.6 Å². The largest absolute Gasteiger partial charge is 0.329 e. The van der Waals surface area contributed by atoms with Gasteiger partial charge in [-0.15, -0.1) is 0 Å². The quantitative estimate of drug-likeness (QED) is 0.697. The highest BCUT2D eigenvalue weighted by Crippen LogP contribution is 2.18. The number of rotatable bonds is 4. The SMILES string of the molecule is CCC(=O)C1CCN(CCN)CC1.